The summed E-state index contributed by atoms with van der Waals surface area (Å²) in [5, 5.41) is 2.68. The van der Waals surface area contributed by atoms with Crippen LogP contribution in [0.3, 0.4) is 0 Å². The van der Waals surface area contributed by atoms with Crippen molar-refractivity contribution in [1.82, 2.24) is 5.32 Å². The van der Waals surface area contributed by atoms with Gasteiger partial charge in [-0.2, -0.15) is 0 Å². The minimum absolute atomic E-state index is 0.230. The molecule has 2 aromatic rings. The van der Waals surface area contributed by atoms with Crippen molar-refractivity contribution in [2.24, 2.45) is 0 Å². The number of sulfonamides is 1. The molecule has 5 nitrogen and oxygen atoms in total. The predicted octanol–water partition coefficient (Wildman–Crippen LogP) is 2.92. The Hall–Kier alpha value is -1.86. The fourth-order valence-corrected chi connectivity index (χ4v) is 4.68. The zero-order valence-corrected chi connectivity index (χ0v) is 14.3. The van der Waals surface area contributed by atoms with Crippen LogP contribution in [0.1, 0.15) is 27.0 Å². The van der Waals surface area contributed by atoms with Crippen LogP contribution in [-0.2, 0) is 10.0 Å². The molecule has 0 fully saturated rings. The van der Waals surface area contributed by atoms with Gasteiger partial charge in [0.2, 0.25) is 0 Å². The predicted molar refractivity (Wildman–Crippen MR) is 89.1 cm³/mol. The number of hydrogen-bond acceptors (Lipinski definition) is 4. The molecule has 0 spiro atoms. The van der Waals surface area contributed by atoms with Crippen LogP contribution in [0.5, 0.6) is 0 Å². The van der Waals surface area contributed by atoms with Crippen molar-refractivity contribution in [2.45, 2.75) is 25.7 Å². The van der Waals surface area contributed by atoms with Gasteiger partial charge in [0.25, 0.3) is 15.9 Å². The third-order valence-corrected chi connectivity index (χ3v) is 5.60. The Morgan fingerprint density at radius 3 is 2.55 bits per heavy atom. The van der Waals surface area contributed by atoms with Crippen molar-refractivity contribution in [1.29, 1.82) is 0 Å². The Labute approximate surface area is 134 Å². The van der Waals surface area contributed by atoms with Gasteiger partial charge >= 0.3 is 0 Å². The van der Waals surface area contributed by atoms with Gasteiger partial charge in [0.1, 0.15) is 4.90 Å². The van der Waals surface area contributed by atoms with Gasteiger partial charge in [-0.25, -0.2) is 8.42 Å². The summed E-state index contributed by atoms with van der Waals surface area (Å²) in [5.74, 6) is -0.230. The molecular formula is C15H18N2O3S2. The summed E-state index contributed by atoms with van der Waals surface area (Å²) in [6, 6.07) is 8.08. The highest BCUT2D eigenvalue weighted by Crippen LogP contribution is 2.26. The molecule has 0 radical (unpaired) electrons. The molecule has 1 heterocycles. The smallest absolute Gasteiger partial charge is 0.262 e. The highest BCUT2D eigenvalue weighted by atomic mass is 32.2. The molecule has 7 heteroatoms. The Morgan fingerprint density at radius 1 is 1.23 bits per heavy atom. The van der Waals surface area contributed by atoms with E-state index in [1.807, 2.05) is 13.8 Å². The number of rotatable bonds is 5. The molecule has 2 rings (SSSR count). The van der Waals surface area contributed by atoms with E-state index < -0.39 is 10.0 Å². The van der Waals surface area contributed by atoms with Gasteiger partial charge in [-0.1, -0.05) is 6.07 Å². The first kappa shape index (κ1) is 16.5. The van der Waals surface area contributed by atoms with Crippen LogP contribution in [0.15, 0.2) is 35.2 Å². The van der Waals surface area contributed by atoms with Crippen molar-refractivity contribution in [3.8, 4) is 0 Å². The van der Waals surface area contributed by atoms with Crippen molar-refractivity contribution in [2.75, 3.05) is 11.3 Å². The average Bonchev–Trinajstić information content (AvgIpc) is 2.79. The van der Waals surface area contributed by atoms with Crippen LogP contribution in [0.2, 0.25) is 0 Å². The standard InChI is InChI=1S/C15H18N2O3S2/c1-4-16-15(18)12-6-5-7-13(9-12)17-22(19,20)14-8-10(2)21-11(14)3/h5-9,17H,4H2,1-3H3,(H,16,18). The molecule has 0 saturated heterocycles. The molecule has 0 unspecified atom stereocenters. The maximum Gasteiger partial charge on any atom is 0.262 e. The largest absolute Gasteiger partial charge is 0.352 e. The van der Waals surface area contributed by atoms with Crippen LogP contribution < -0.4 is 10.0 Å². The highest BCUT2D eigenvalue weighted by molar-refractivity contribution is 7.93. The zero-order chi connectivity index (χ0) is 16.3. The number of aryl methyl sites for hydroxylation is 2. The van der Waals surface area contributed by atoms with E-state index in [4.69, 9.17) is 0 Å². The van der Waals surface area contributed by atoms with Gasteiger partial charge in [-0.05, 0) is 45.0 Å². The summed E-state index contributed by atoms with van der Waals surface area (Å²) in [6.45, 7) is 5.98. The Balaban J connectivity index is 2.29. The second-order valence-corrected chi connectivity index (χ2v) is 7.93. The average molecular weight is 338 g/mol. The van der Waals surface area contributed by atoms with E-state index in [0.717, 1.165) is 9.75 Å². The quantitative estimate of drug-likeness (QED) is 0.880. The number of anilines is 1. The molecule has 2 N–H and O–H groups in total. The molecular weight excluding hydrogens is 320 g/mol. The minimum atomic E-state index is -3.65. The van der Waals surface area contributed by atoms with E-state index in [1.165, 1.54) is 17.4 Å². The number of benzene rings is 1. The summed E-state index contributed by atoms with van der Waals surface area (Å²) >= 11 is 1.44. The molecule has 0 aliphatic heterocycles. The SMILES string of the molecule is CCNC(=O)c1cccc(NS(=O)(=O)c2cc(C)sc2C)c1. The second-order valence-electron chi connectivity index (χ2n) is 4.82. The van der Waals surface area contributed by atoms with E-state index >= 15 is 0 Å². The Morgan fingerprint density at radius 2 is 1.95 bits per heavy atom. The molecule has 0 bridgehead atoms. The van der Waals surface area contributed by atoms with Crippen molar-refractivity contribution < 1.29 is 13.2 Å². The minimum Gasteiger partial charge on any atom is -0.352 e. The first-order valence-electron chi connectivity index (χ1n) is 6.81. The molecule has 1 aromatic heterocycles. The van der Waals surface area contributed by atoms with Crippen LogP contribution in [-0.4, -0.2) is 20.9 Å². The van der Waals surface area contributed by atoms with Gasteiger partial charge in [-0.15, -0.1) is 11.3 Å². The topological polar surface area (TPSA) is 75.3 Å². The van der Waals surface area contributed by atoms with Crippen molar-refractivity contribution in [3.05, 3.63) is 45.6 Å². The normalized spacial score (nSPS) is 11.2. The molecule has 0 saturated carbocycles. The Kier molecular flexibility index (Phi) is 4.87. The fraction of sp³-hybridized carbons (Fsp3) is 0.267. The van der Waals surface area contributed by atoms with Crippen LogP contribution in [0, 0.1) is 13.8 Å². The number of thiophene rings is 1. The van der Waals surface area contributed by atoms with Crippen molar-refractivity contribution in [3.63, 3.8) is 0 Å². The molecule has 0 aliphatic carbocycles. The van der Waals surface area contributed by atoms with Crippen molar-refractivity contribution >= 4 is 33.0 Å². The molecule has 1 amide bonds. The first-order valence-corrected chi connectivity index (χ1v) is 9.11. The van der Waals surface area contributed by atoms with Gasteiger partial charge in [-0.3, -0.25) is 9.52 Å². The summed E-state index contributed by atoms with van der Waals surface area (Å²) in [7, 11) is -3.65. The maximum atomic E-state index is 12.4. The zero-order valence-electron chi connectivity index (χ0n) is 12.6. The molecule has 0 atom stereocenters. The second kappa shape index (κ2) is 6.50. The number of carbonyl (C=O) groups is 1. The lowest BCUT2D eigenvalue weighted by Crippen LogP contribution is -2.22. The number of carbonyl (C=O) groups excluding carboxylic acids is 1. The van der Waals surface area contributed by atoms with E-state index in [9.17, 15) is 13.2 Å². The number of hydrogen-bond donors (Lipinski definition) is 2. The lowest BCUT2D eigenvalue weighted by Gasteiger charge is -2.09. The lowest BCUT2D eigenvalue weighted by molar-refractivity contribution is 0.0956. The van der Waals surface area contributed by atoms with Crippen LogP contribution in [0.25, 0.3) is 0 Å². The molecule has 118 valence electrons. The molecule has 1 aromatic carbocycles. The third kappa shape index (κ3) is 3.66. The van der Waals surface area contributed by atoms with Crippen LogP contribution >= 0.6 is 11.3 Å². The van der Waals surface area contributed by atoms with Gasteiger partial charge in [0, 0.05) is 27.5 Å². The fourth-order valence-electron chi connectivity index (χ4n) is 2.07. The van der Waals surface area contributed by atoms with E-state index in [-0.39, 0.29) is 10.8 Å². The van der Waals surface area contributed by atoms with Gasteiger partial charge in [0.05, 0.1) is 0 Å². The van der Waals surface area contributed by atoms with Gasteiger partial charge < -0.3 is 5.32 Å². The maximum absolute atomic E-state index is 12.4. The van der Waals surface area contributed by atoms with E-state index in [0.29, 0.717) is 17.8 Å². The Bertz CT molecular complexity index is 795. The van der Waals surface area contributed by atoms with Crippen LogP contribution in [0.4, 0.5) is 5.69 Å². The third-order valence-electron chi connectivity index (χ3n) is 3.00. The summed E-state index contributed by atoms with van der Waals surface area (Å²) in [4.78, 5) is 13.8. The number of amides is 1. The molecule has 0 aliphatic rings. The summed E-state index contributed by atoms with van der Waals surface area (Å²) < 4.78 is 27.4. The van der Waals surface area contributed by atoms with E-state index in [2.05, 4.69) is 10.0 Å². The molecule has 22 heavy (non-hydrogen) atoms. The number of nitrogens with one attached hydrogen (secondary N) is 2. The van der Waals surface area contributed by atoms with E-state index in [1.54, 1.807) is 31.2 Å². The lowest BCUT2D eigenvalue weighted by atomic mass is 10.2. The summed E-state index contributed by atoms with van der Waals surface area (Å²) in [5.41, 5.74) is 0.785. The van der Waals surface area contributed by atoms with Gasteiger partial charge in [0.15, 0.2) is 0 Å². The highest BCUT2D eigenvalue weighted by Gasteiger charge is 2.19. The first-order chi connectivity index (χ1) is 10.3. The summed E-state index contributed by atoms with van der Waals surface area (Å²) in [6.07, 6.45) is 0. The monoisotopic (exact) mass is 338 g/mol.